The number of amides is 1. The van der Waals surface area contributed by atoms with Crippen molar-refractivity contribution in [2.45, 2.75) is 43.9 Å². The molecule has 2 aliphatic heterocycles. The van der Waals surface area contributed by atoms with E-state index in [2.05, 4.69) is 33.0 Å². The van der Waals surface area contributed by atoms with Crippen LogP contribution in [0.15, 0.2) is 57.3 Å². The van der Waals surface area contributed by atoms with Crippen LogP contribution in [-0.2, 0) is 25.2 Å². The van der Waals surface area contributed by atoms with Gasteiger partial charge in [-0.1, -0.05) is 48.9 Å². The summed E-state index contributed by atoms with van der Waals surface area (Å²) < 4.78 is 58.7. The van der Waals surface area contributed by atoms with Crippen molar-refractivity contribution in [2.75, 3.05) is 23.2 Å². The lowest BCUT2D eigenvalue weighted by atomic mass is 9.66. The van der Waals surface area contributed by atoms with Gasteiger partial charge in [0.2, 0.25) is 0 Å². The van der Waals surface area contributed by atoms with Gasteiger partial charge in [-0.2, -0.15) is 12.7 Å². The lowest BCUT2D eigenvalue weighted by Crippen LogP contribution is -2.42. The standard InChI is InChI=1S/C26H30N4O8S2/c1-15(2)10-11-26(3)18-7-5-4-6-17(18)22(31)21(23(26)32)24-27-19-9-8-16(14-20(19)39(34,35)29-24)28-40(36,37)30-12-13-38-25(30)33/h4-9,14-15,28,31,34-35H,10-13H2,1-3H3,(H,27,29). The number of rotatable bonds is 7. The Bertz CT molecular complexity index is 1580. The molecule has 1 aliphatic carbocycles. The van der Waals surface area contributed by atoms with Crippen LogP contribution in [0.1, 0.15) is 44.7 Å². The third-order valence-electron chi connectivity index (χ3n) is 7.21. The lowest BCUT2D eigenvalue weighted by molar-refractivity contribution is -0.120. The van der Waals surface area contributed by atoms with Crippen LogP contribution in [0.2, 0.25) is 0 Å². The van der Waals surface area contributed by atoms with Gasteiger partial charge >= 0.3 is 16.3 Å². The summed E-state index contributed by atoms with van der Waals surface area (Å²) in [6.45, 7) is 5.69. The second-order valence-corrected chi connectivity index (χ2v) is 13.7. The molecular weight excluding hydrogens is 560 g/mol. The van der Waals surface area contributed by atoms with Crippen molar-refractivity contribution in [1.29, 1.82) is 0 Å². The number of hydrogen-bond donors (Lipinski definition) is 5. The lowest BCUT2D eigenvalue weighted by Gasteiger charge is -2.39. The van der Waals surface area contributed by atoms with E-state index < -0.39 is 38.3 Å². The Morgan fingerprint density at radius 2 is 1.93 bits per heavy atom. The van der Waals surface area contributed by atoms with E-state index in [1.807, 2.05) is 13.0 Å². The molecule has 1 fully saturated rings. The molecule has 2 aromatic rings. The number of nitrogens with one attached hydrogen (secondary N) is 2. The maximum atomic E-state index is 14.0. The molecule has 3 aliphatic rings. The number of nitrogens with zero attached hydrogens (tertiary/aromatic N) is 2. The molecule has 14 heteroatoms. The summed E-state index contributed by atoms with van der Waals surface area (Å²) in [6.07, 6.45) is 0.236. The Balaban J connectivity index is 1.52. The maximum absolute atomic E-state index is 14.0. The molecular formula is C26H30N4O8S2. The highest BCUT2D eigenvalue weighted by atomic mass is 32.3. The predicted molar refractivity (Wildman–Crippen MR) is 152 cm³/mol. The topological polar surface area (TPSA) is 178 Å². The molecule has 12 nitrogen and oxygen atoms in total. The van der Waals surface area contributed by atoms with E-state index in [4.69, 9.17) is 0 Å². The maximum Gasteiger partial charge on any atom is 0.425 e. The molecule has 1 amide bonds. The minimum atomic E-state index is -4.31. The molecule has 0 bridgehead atoms. The Hall–Kier alpha value is -3.59. The van der Waals surface area contributed by atoms with Crippen LogP contribution in [0.4, 0.5) is 16.2 Å². The Morgan fingerprint density at radius 1 is 1.20 bits per heavy atom. The van der Waals surface area contributed by atoms with Gasteiger partial charge in [0, 0.05) is 5.56 Å². The summed E-state index contributed by atoms with van der Waals surface area (Å²) in [4.78, 5) is 25.6. The minimum absolute atomic E-state index is 0.0510. The second-order valence-electron chi connectivity index (χ2n) is 10.5. The zero-order valence-electron chi connectivity index (χ0n) is 22.0. The van der Waals surface area contributed by atoms with Crippen LogP contribution in [0.5, 0.6) is 0 Å². The van der Waals surface area contributed by atoms with Crippen molar-refractivity contribution in [3.63, 3.8) is 0 Å². The summed E-state index contributed by atoms with van der Waals surface area (Å²) in [6, 6.07) is 11.0. The first-order valence-corrected chi connectivity index (χ1v) is 15.5. The summed E-state index contributed by atoms with van der Waals surface area (Å²) in [5.41, 5.74) is 0.0980. The number of Topliss-reactive ketones (excluding diaryl/α,β-unsaturated/α-hetero) is 1. The van der Waals surface area contributed by atoms with Gasteiger partial charge in [0.25, 0.3) is 0 Å². The quantitative estimate of drug-likeness (QED) is 0.300. The SMILES string of the molecule is CC(C)CCC1(C)C(=O)C(C2=NS(O)(O)c3cc(NS(=O)(=O)N4CCOC4=O)ccc3N2)=C(O)c2ccccc21. The van der Waals surface area contributed by atoms with Gasteiger partial charge in [-0.15, -0.1) is 4.40 Å². The van der Waals surface area contributed by atoms with Crippen molar-refractivity contribution in [1.82, 2.24) is 4.31 Å². The van der Waals surface area contributed by atoms with Crippen LogP contribution in [0, 0.1) is 5.92 Å². The van der Waals surface area contributed by atoms with E-state index in [0.717, 1.165) is 6.42 Å². The number of fused-ring (bicyclic) bond motifs is 2. The largest absolute Gasteiger partial charge is 0.506 e. The van der Waals surface area contributed by atoms with Gasteiger partial charge in [0.1, 0.15) is 22.8 Å². The van der Waals surface area contributed by atoms with Crippen LogP contribution in [0.3, 0.4) is 0 Å². The number of benzene rings is 2. The van der Waals surface area contributed by atoms with Crippen LogP contribution in [-0.4, -0.2) is 57.8 Å². The molecule has 0 radical (unpaired) electrons. The molecule has 5 rings (SSSR count). The van der Waals surface area contributed by atoms with E-state index >= 15 is 0 Å². The van der Waals surface area contributed by atoms with Crippen molar-refractivity contribution >= 4 is 55.8 Å². The Kier molecular flexibility index (Phi) is 6.85. The van der Waals surface area contributed by atoms with Gasteiger partial charge in [0.15, 0.2) is 11.6 Å². The van der Waals surface area contributed by atoms with Crippen LogP contribution >= 0.6 is 10.8 Å². The Morgan fingerprint density at radius 3 is 2.60 bits per heavy atom. The second kappa shape index (κ2) is 9.80. The monoisotopic (exact) mass is 590 g/mol. The Labute approximate surface area is 233 Å². The first-order chi connectivity index (χ1) is 18.7. The zero-order chi connectivity index (χ0) is 29.0. The average Bonchev–Trinajstić information content (AvgIpc) is 3.33. The van der Waals surface area contributed by atoms with Crippen LogP contribution in [0.25, 0.3) is 5.76 Å². The highest BCUT2D eigenvalue weighted by Gasteiger charge is 2.46. The fraction of sp³-hybridized carbons (Fsp3) is 0.346. The molecule has 5 N–H and O–H groups in total. The summed E-state index contributed by atoms with van der Waals surface area (Å²) in [5.74, 6) is -0.606. The first-order valence-electron chi connectivity index (χ1n) is 12.6. The highest BCUT2D eigenvalue weighted by Crippen LogP contribution is 2.57. The van der Waals surface area contributed by atoms with E-state index in [1.54, 1.807) is 18.2 Å². The van der Waals surface area contributed by atoms with Gasteiger partial charge in [-0.25, -0.2) is 4.79 Å². The van der Waals surface area contributed by atoms with Gasteiger partial charge in [0.05, 0.1) is 23.3 Å². The minimum Gasteiger partial charge on any atom is -0.506 e. The fourth-order valence-electron chi connectivity index (χ4n) is 5.01. The van der Waals surface area contributed by atoms with Crippen molar-refractivity contribution in [3.05, 3.63) is 59.2 Å². The molecule has 0 spiro atoms. The number of hydrogen-bond acceptors (Lipinski definition) is 10. The molecule has 0 saturated carbocycles. The molecule has 1 saturated heterocycles. The van der Waals surface area contributed by atoms with Gasteiger partial charge in [-0.3, -0.25) is 18.6 Å². The van der Waals surface area contributed by atoms with Crippen molar-refractivity contribution < 1.29 is 37.0 Å². The number of anilines is 2. The van der Waals surface area contributed by atoms with Gasteiger partial charge in [-0.05, 0) is 49.4 Å². The normalized spacial score (nSPS) is 22.8. The third-order valence-corrected chi connectivity index (χ3v) is 9.98. The van der Waals surface area contributed by atoms with E-state index in [0.29, 0.717) is 27.8 Å². The highest BCUT2D eigenvalue weighted by molar-refractivity contribution is 8.23. The number of aliphatic hydroxyl groups excluding tert-OH is 1. The fourth-order valence-corrected chi connectivity index (χ4v) is 7.30. The third kappa shape index (κ3) is 4.70. The molecule has 40 heavy (non-hydrogen) atoms. The number of ether oxygens (including phenoxy) is 1. The number of carbonyl (C=O) groups is 2. The molecule has 0 aromatic heterocycles. The van der Waals surface area contributed by atoms with Gasteiger partial charge < -0.3 is 15.2 Å². The molecule has 214 valence electrons. The summed E-state index contributed by atoms with van der Waals surface area (Å²) >= 11 is 0. The van der Waals surface area contributed by atoms with E-state index in [9.17, 15) is 32.2 Å². The number of aliphatic hydroxyl groups is 1. The molecule has 2 heterocycles. The molecule has 2 aromatic carbocycles. The summed E-state index contributed by atoms with van der Waals surface area (Å²) in [5, 5.41) is 14.2. The number of amidine groups is 1. The molecule has 1 unspecified atom stereocenters. The predicted octanol–water partition coefficient (Wildman–Crippen LogP) is 4.89. The average molecular weight is 591 g/mol. The number of ketones is 1. The smallest absolute Gasteiger partial charge is 0.425 e. The number of cyclic esters (lactones) is 1. The van der Waals surface area contributed by atoms with Crippen LogP contribution < -0.4 is 10.0 Å². The summed E-state index contributed by atoms with van der Waals surface area (Å²) in [7, 11) is -8.26. The van der Waals surface area contributed by atoms with Crippen molar-refractivity contribution in [3.8, 4) is 0 Å². The van der Waals surface area contributed by atoms with E-state index in [-0.39, 0.29) is 46.6 Å². The zero-order valence-corrected chi connectivity index (χ0v) is 23.7. The van der Waals surface area contributed by atoms with Crippen molar-refractivity contribution in [2.24, 2.45) is 10.3 Å². The molecule has 1 atom stereocenters. The first kappa shape index (κ1) is 28.0. The number of carbonyl (C=O) groups excluding carboxylic acids is 2. The van der Waals surface area contributed by atoms with E-state index in [1.165, 1.54) is 18.2 Å².